The maximum absolute atomic E-state index is 14.2. The molecule has 0 radical (unpaired) electrons. The molecule has 0 unspecified atom stereocenters. The number of primary amides is 1. The normalized spacial score (nSPS) is 24.8. The van der Waals surface area contributed by atoms with Crippen LogP contribution in [-0.2, 0) is 24.5 Å². The second-order valence-electron chi connectivity index (χ2n) is 6.90. The van der Waals surface area contributed by atoms with E-state index in [0.717, 1.165) is 0 Å². The molecule has 1 aromatic carbocycles. The Labute approximate surface area is 146 Å². The molecule has 1 saturated carbocycles. The van der Waals surface area contributed by atoms with Gasteiger partial charge in [-0.15, -0.1) is 0 Å². The molecule has 25 heavy (non-hydrogen) atoms. The van der Waals surface area contributed by atoms with E-state index in [1.165, 1.54) is 13.2 Å². The van der Waals surface area contributed by atoms with Crippen LogP contribution in [0, 0.1) is 5.82 Å². The summed E-state index contributed by atoms with van der Waals surface area (Å²) in [6.07, 6.45) is 1.21. The lowest BCUT2D eigenvalue weighted by atomic mass is 9.91. The van der Waals surface area contributed by atoms with Gasteiger partial charge in [-0.3, -0.25) is 9.59 Å². The summed E-state index contributed by atoms with van der Waals surface area (Å²) < 4.78 is 25.2. The summed E-state index contributed by atoms with van der Waals surface area (Å²) in [5, 5.41) is 0. The molecule has 0 bridgehead atoms. The Morgan fingerprint density at radius 2 is 2.08 bits per heavy atom. The monoisotopic (exact) mass is 350 g/mol. The maximum atomic E-state index is 14.2. The molecule has 1 aromatic rings. The van der Waals surface area contributed by atoms with Crippen molar-refractivity contribution in [2.45, 2.75) is 30.3 Å². The van der Waals surface area contributed by atoms with Crippen LogP contribution in [0.4, 0.5) is 4.39 Å². The zero-order chi connectivity index (χ0) is 18.1. The van der Waals surface area contributed by atoms with E-state index >= 15 is 0 Å². The van der Waals surface area contributed by atoms with Crippen molar-refractivity contribution in [3.8, 4) is 0 Å². The van der Waals surface area contributed by atoms with Crippen LogP contribution >= 0.6 is 0 Å². The van der Waals surface area contributed by atoms with Crippen molar-refractivity contribution in [2.24, 2.45) is 5.73 Å². The van der Waals surface area contributed by atoms with Crippen LogP contribution in [0.1, 0.15) is 24.8 Å². The van der Waals surface area contributed by atoms with E-state index in [1.54, 1.807) is 23.1 Å². The summed E-state index contributed by atoms with van der Waals surface area (Å²) in [5.41, 5.74) is 4.04. The fourth-order valence-corrected chi connectivity index (χ4v) is 3.72. The minimum Gasteiger partial charge on any atom is -0.382 e. The fourth-order valence-electron chi connectivity index (χ4n) is 3.72. The van der Waals surface area contributed by atoms with Crippen molar-refractivity contribution in [2.75, 3.05) is 33.4 Å². The largest absolute Gasteiger partial charge is 0.382 e. The van der Waals surface area contributed by atoms with Gasteiger partial charge in [0.15, 0.2) is 0 Å². The van der Waals surface area contributed by atoms with Crippen LogP contribution in [-0.4, -0.2) is 55.7 Å². The van der Waals surface area contributed by atoms with E-state index in [-0.39, 0.29) is 37.9 Å². The van der Waals surface area contributed by atoms with Gasteiger partial charge in [0.25, 0.3) is 0 Å². The van der Waals surface area contributed by atoms with E-state index in [9.17, 15) is 14.0 Å². The molecular formula is C18H23FN2O4. The number of carbonyl (C=O) groups excluding carboxylic acids is 2. The molecule has 1 aliphatic heterocycles. The van der Waals surface area contributed by atoms with Gasteiger partial charge in [0, 0.05) is 19.2 Å². The molecule has 6 nitrogen and oxygen atoms in total. The molecule has 1 saturated heterocycles. The Morgan fingerprint density at radius 3 is 2.68 bits per heavy atom. The Balaban J connectivity index is 1.82. The number of morpholine rings is 1. The molecule has 2 fully saturated rings. The van der Waals surface area contributed by atoms with Crippen LogP contribution in [0.25, 0.3) is 0 Å². The van der Waals surface area contributed by atoms with Gasteiger partial charge in [0.2, 0.25) is 11.8 Å². The van der Waals surface area contributed by atoms with Crippen molar-refractivity contribution in [1.29, 1.82) is 0 Å². The van der Waals surface area contributed by atoms with Crippen molar-refractivity contribution in [1.82, 2.24) is 4.90 Å². The van der Waals surface area contributed by atoms with E-state index < -0.39 is 16.9 Å². The number of methoxy groups -OCH3 is 1. The molecule has 7 heteroatoms. The predicted molar refractivity (Wildman–Crippen MR) is 88.3 cm³/mol. The second-order valence-corrected chi connectivity index (χ2v) is 6.90. The first kappa shape index (κ1) is 17.8. The number of rotatable bonds is 6. The molecule has 2 aliphatic rings. The lowest BCUT2D eigenvalue weighted by molar-refractivity contribution is -0.167. The summed E-state index contributed by atoms with van der Waals surface area (Å²) in [4.78, 5) is 26.3. The lowest BCUT2D eigenvalue weighted by Gasteiger charge is -2.43. The van der Waals surface area contributed by atoms with Gasteiger partial charge < -0.3 is 20.1 Å². The first-order valence-corrected chi connectivity index (χ1v) is 8.38. The second kappa shape index (κ2) is 6.72. The van der Waals surface area contributed by atoms with Gasteiger partial charge in [0.05, 0.1) is 31.6 Å². The van der Waals surface area contributed by atoms with E-state index in [0.29, 0.717) is 24.9 Å². The average Bonchev–Trinajstić information content (AvgIpc) is 3.36. The van der Waals surface area contributed by atoms with Gasteiger partial charge in [-0.2, -0.15) is 0 Å². The van der Waals surface area contributed by atoms with Crippen molar-refractivity contribution >= 4 is 11.8 Å². The topological polar surface area (TPSA) is 81.9 Å². The maximum Gasteiger partial charge on any atom is 0.233 e. The number of ether oxygens (including phenoxy) is 2. The van der Waals surface area contributed by atoms with Gasteiger partial charge in [0.1, 0.15) is 11.4 Å². The van der Waals surface area contributed by atoms with Crippen molar-refractivity contribution in [3.05, 3.63) is 35.6 Å². The number of carbonyl (C=O) groups is 2. The summed E-state index contributed by atoms with van der Waals surface area (Å²) in [7, 11) is 1.51. The third kappa shape index (κ3) is 3.39. The zero-order valence-electron chi connectivity index (χ0n) is 14.3. The average molecular weight is 350 g/mol. The standard InChI is InChI=1S/C18H23FN2O4/c1-24-12-17(10-15(20)22)11-21(8-9-25-17)16(23)18(6-7-18)13-4-2-3-5-14(13)19/h2-5H,6-12H2,1H3,(H2,20,22)/t17-/m1/s1. The number of nitrogens with two attached hydrogens (primary N) is 1. The molecule has 2 N–H and O–H groups in total. The molecule has 0 spiro atoms. The molecule has 2 amide bonds. The number of hydrogen-bond acceptors (Lipinski definition) is 4. The Bertz CT molecular complexity index is 673. The highest BCUT2D eigenvalue weighted by Crippen LogP contribution is 2.50. The molecule has 1 heterocycles. The van der Waals surface area contributed by atoms with Crippen LogP contribution in [0.5, 0.6) is 0 Å². The third-order valence-corrected chi connectivity index (χ3v) is 4.99. The lowest BCUT2D eigenvalue weighted by Crippen LogP contribution is -2.58. The summed E-state index contributed by atoms with van der Waals surface area (Å²) >= 11 is 0. The highest BCUT2D eigenvalue weighted by molar-refractivity contribution is 5.91. The van der Waals surface area contributed by atoms with E-state index in [4.69, 9.17) is 15.2 Å². The van der Waals surface area contributed by atoms with Gasteiger partial charge >= 0.3 is 0 Å². The van der Waals surface area contributed by atoms with Crippen molar-refractivity contribution < 1.29 is 23.5 Å². The molecule has 1 aliphatic carbocycles. The molecule has 136 valence electrons. The summed E-state index contributed by atoms with van der Waals surface area (Å²) in [6, 6.07) is 6.41. The predicted octanol–water partition coefficient (Wildman–Crippen LogP) is 0.977. The van der Waals surface area contributed by atoms with Crippen LogP contribution in [0.2, 0.25) is 0 Å². The number of nitrogens with zero attached hydrogens (tertiary/aromatic N) is 1. The fraction of sp³-hybridized carbons (Fsp3) is 0.556. The van der Waals surface area contributed by atoms with Crippen LogP contribution in [0.3, 0.4) is 0 Å². The summed E-state index contributed by atoms with van der Waals surface area (Å²) in [5.74, 6) is -0.991. The minimum absolute atomic E-state index is 0.0304. The number of benzene rings is 1. The Morgan fingerprint density at radius 1 is 1.36 bits per heavy atom. The quantitative estimate of drug-likeness (QED) is 0.829. The molecular weight excluding hydrogens is 327 g/mol. The van der Waals surface area contributed by atoms with Crippen molar-refractivity contribution in [3.63, 3.8) is 0 Å². The van der Waals surface area contributed by atoms with E-state index in [2.05, 4.69) is 0 Å². The van der Waals surface area contributed by atoms with Crippen LogP contribution < -0.4 is 5.73 Å². The van der Waals surface area contributed by atoms with Gasteiger partial charge in [-0.25, -0.2) is 4.39 Å². The SMILES string of the molecule is COC[C@@]1(CC(N)=O)CN(C(=O)C2(c3ccccc3F)CC2)CCO1. The zero-order valence-corrected chi connectivity index (χ0v) is 14.3. The van der Waals surface area contributed by atoms with E-state index in [1.807, 2.05) is 0 Å². The smallest absolute Gasteiger partial charge is 0.233 e. The Hall–Kier alpha value is -1.99. The first-order valence-electron chi connectivity index (χ1n) is 8.38. The minimum atomic E-state index is -0.945. The highest BCUT2D eigenvalue weighted by atomic mass is 19.1. The third-order valence-electron chi connectivity index (χ3n) is 4.99. The van der Waals surface area contributed by atoms with Gasteiger partial charge in [-0.05, 0) is 18.9 Å². The number of hydrogen-bond donors (Lipinski definition) is 1. The Kier molecular flexibility index (Phi) is 4.79. The van der Waals surface area contributed by atoms with Crippen LogP contribution in [0.15, 0.2) is 24.3 Å². The highest BCUT2D eigenvalue weighted by Gasteiger charge is 2.55. The molecule has 3 rings (SSSR count). The first-order chi connectivity index (χ1) is 11.9. The molecule has 1 atom stereocenters. The number of amides is 2. The molecule has 0 aromatic heterocycles. The number of halogens is 1. The summed E-state index contributed by atoms with van der Waals surface area (Å²) in [6.45, 7) is 1.06. The van der Waals surface area contributed by atoms with Gasteiger partial charge in [-0.1, -0.05) is 18.2 Å².